The first-order valence-corrected chi connectivity index (χ1v) is 11.8. The highest BCUT2D eigenvalue weighted by Crippen LogP contribution is 2.36. The molecular formula is C22H30FN3O4S. The monoisotopic (exact) mass is 451 g/mol. The fourth-order valence-corrected chi connectivity index (χ4v) is 5.12. The van der Waals surface area contributed by atoms with Crippen LogP contribution in [0.4, 0.5) is 9.52 Å². The first kappa shape index (κ1) is 22.2. The fraction of sp³-hybridized carbons (Fsp3) is 0.636. The molecule has 7 nitrogen and oxygen atoms in total. The molecule has 1 saturated heterocycles. The highest BCUT2D eigenvalue weighted by molar-refractivity contribution is 7.22. The molecule has 0 bridgehead atoms. The van der Waals surface area contributed by atoms with E-state index in [0.717, 1.165) is 43.9 Å². The molecule has 1 N–H and O–H groups in total. The van der Waals surface area contributed by atoms with Crippen LogP contribution in [0.15, 0.2) is 12.1 Å². The maximum atomic E-state index is 15.1. The van der Waals surface area contributed by atoms with Gasteiger partial charge < -0.3 is 24.4 Å². The minimum Gasteiger partial charge on any atom is -0.487 e. The van der Waals surface area contributed by atoms with Crippen LogP contribution in [0.25, 0.3) is 10.2 Å². The van der Waals surface area contributed by atoms with Gasteiger partial charge in [-0.05, 0) is 44.7 Å². The largest absolute Gasteiger partial charge is 0.487 e. The van der Waals surface area contributed by atoms with Gasteiger partial charge in [-0.15, -0.1) is 0 Å². The number of hydrogen-bond donors (Lipinski definition) is 1. The molecule has 0 spiro atoms. The molecule has 2 aliphatic rings. The first-order valence-electron chi connectivity index (χ1n) is 11.0. The molecule has 1 aliphatic carbocycles. The van der Waals surface area contributed by atoms with E-state index < -0.39 is 0 Å². The van der Waals surface area contributed by atoms with Crippen molar-refractivity contribution >= 4 is 32.6 Å². The molecule has 1 atom stereocenters. The quantitative estimate of drug-likeness (QED) is 0.695. The van der Waals surface area contributed by atoms with E-state index in [2.05, 4.69) is 15.2 Å². The summed E-state index contributed by atoms with van der Waals surface area (Å²) in [5.41, 5.74) is 0.668. The minimum absolute atomic E-state index is 0.00550. The van der Waals surface area contributed by atoms with E-state index >= 15 is 4.39 Å². The Morgan fingerprint density at radius 1 is 1.29 bits per heavy atom. The second-order valence-electron chi connectivity index (χ2n) is 8.27. The van der Waals surface area contributed by atoms with E-state index in [4.69, 9.17) is 14.2 Å². The zero-order valence-electron chi connectivity index (χ0n) is 18.1. The van der Waals surface area contributed by atoms with Crippen LogP contribution in [0, 0.1) is 5.82 Å². The van der Waals surface area contributed by atoms with E-state index in [1.807, 2.05) is 13.0 Å². The number of halogens is 1. The molecule has 1 aliphatic heterocycles. The fourth-order valence-electron chi connectivity index (χ4n) is 4.08. The summed E-state index contributed by atoms with van der Waals surface area (Å²) >= 11 is 1.37. The first-order chi connectivity index (χ1) is 15.0. The van der Waals surface area contributed by atoms with Crippen molar-refractivity contribution in [3.63, 3.8) is 0 Å². The topological polar surface area (TPSA) is 72.9 Å². The highest BCUT2D eigenvalue weighted by atomic mass is 32.1. The predicted octanol–water partition coefficient (Wildman–Crippen LogP) is 3.50. The van der Waals surface area contributed by atoms with Gasteiger partial charge in [-0.25, -0.2) is 9.37 Å². The molecule has 1 aromatic heterocycles. The van der Waals surface area contributed by atoms with E-state index in [1.165, 1.54) is 18.3 Å². The van der Waals surface area contributed by atoms with Gasteiger partial charge in [0.05, 0.1) is 42.2 Å². The minimum atomic E-state index is -0.322. The lowest BCUT2D eigenvalue weighted by molar-refractivity contribution is -0.120. The predicted molar refractivity (Wildman–Crippen MR) is 119 cm³/mol. The van der Waals surface area contributed by atoms with Gasteiger partial charge in [-0.1, -0.05) is 11.3 Å². The summed E-state index contributed by atoms with van der Waals surface area (Å²) in [4.78, 5) is 17.8. The number of carbonyl (C=O) groups excluding carboxylic acids is 1. The molecule has 1 amide bonds. The summed E-state index contributed by atoms with van der Waals surface area (Å²) in [6.07, 6.45) is 3.50. The smallest absolute Gasteiger partial charge is 0.217 e. The van der Waals surface area contributed by atoms with Crippen LogP contribution >= 0.6 is 11.3 Å². The molecule has 2 aromatic rings. The number of nitrogens with zero attached hydrogens (tertiary/aromatic N) is 2. The number of fused-ring (bicyclic) bond motifs is 1. The number of carbonyl (C=O) groups is 1. The number of hydrogen-bond acceptors (Lipinski definition) is 7. The molecular weight excluding hydrogens is 421 g/mol. The Bertz CT molecular complexity index is 894. The number of amides is 1. The van der Waals surface area contributed by atoms with E-state index in [9.17, 15) is 4.79 Å². The van der Waals surface area contributed by atoms with Crippen molar-refractivity contribution < 1.29 is 23.4 Å². The van der Waals surface area contributed by atoms with E-state index in [0.29, 0.717) is 35.8 Å². The van der Waals surface area contributed by atoms with Crippen LogP contribution in [-0.4, -0.2) is 62.1 Å². The van der Waals surface area contributed by atoms with Crippen LogP contribution in [-0.2, 0) is 14.3 Å². The second kappa shape index (κ2) is 10.1. The van der Waals surface area contributed by atoms with Gasteiger partial charge in [-0.3, -0.25) is 4.79 Å². The Kier molecular flexibility index (Phi) is 7.24. The van der Waals surface area contributed by atoms with Crippen LogP contribution in [0.1, 0.15) is 39.5 Å². The third-order valence-corrected chi connectivity index (χ3v) is 6.80. The zero-order valence-corrected chi connectivity index (χ0v) is 18.9. The van der Waals surface area contributed by atoms with Crippen LogP contribution in [0.3, 0.4) is 0 Å². The number of anilines is 1. The van der Waals surface area contributed by atoms with Crippen LogP contribution in [0.5, 0.6) is 5.75 Å². The number of benzene rings is 1. The third-order valence-electron chi connectivity index (χ3n) is 5.68. The van der Waals surface area contributed by atoms with Gasteiger partial charge >= 0.3 is 0 Å². The summed E-state index contributed by atoms with van der Waals surface area (Å²) in [5, 5.41) is 3.66. The number of ether oxygens (including phenoxy) is 3. The number of aromatic nitrogens is 1. The van der Waals surface area contributed by atoms with Crippen molar-refractivity contribution in [3.8, 4) is 5.75 Å². The molecule has 170 valence electrons. The van der Waals surface area contributed by atoms with Gasteiger partial charge in [0, 0.05) is 26.1 Å². The van der Waals surface area contributed by atoms with Gasteiger partial charge in [-0.2, -0.15) is 0 Å². The van der Waals surface area contributed by atoms with Gasteiger partial charge in [0.15, 0.2) is 16.7 Å². The third kappa shape index (κ3) is 5.64. The van der Waals surface area contributed by atoms with Crippen LogP contribution in [0.2, 0.25) is 0 Å². The average Bonchev–Trinajstić information content (AvgIpc) is 3.21. The lowest BCUT2D eigenvalue weighted by Gasteiger charge is -2.30. The van der Waals surface area contributed by atoms with Gasteiger partial charge in [0.2, 0.25) is 5.91 Å². The molecule has 1 aromatic carbocycles. The SMILES string of the molecule is CC(=O)N[C@@H](C)CO[C@H]1CC[C@H](Oc2ccc3nc(N4CCOCC4)sc3c2F)CC1. The van der Waals surface area contributed by atoms with Crippen LogP contribution < -0.4 is 15.0 Å². The molecule has 2 heterocycles. The maximum absolute atomic E-state index is 15.1. The van der Waals surface area contributed by atoms with Crippen molar-refractivity contribution in [2.75, 3.05) is 37.8 Å². The van der Waals surface area contributed by atoms with Crippen molar-refractivity contribution in [3.05, 3.63) is 17.9 Å². The van der Waals surface area contributed by atoms with Gasteiger partial charge in [0.25, 0.3) is 0 Å². The Morgan fingerprint density at radius 2 is 2.00 bits per heavy atom. The highest BCUT2D eigenvalue weighted by Gasteiger charge is 2.25. The van der Waals surface area contributed by atoms with Crippen molar-refractivity contribution in [1.82, 2.24) is 10.3 Å². The Hall–Kier alpha value is -1.97. The number of rotatable bonds is 7. The van der Waals surface area contributed by atoms with E-state index in [1.54, 1.807) is 6.07 Å². The lowest BCUT2D eigenvalue weighted by Crippen LogP contribution is -2.36. The molecule has 0 radical (unpaired) electrons. The summed E-state index contributed by atoms with van der Waals surface area (Å²) in [6, 6.07) is 3.53. The normalized spacial score (nSPS) is 23.0. The van der Waals surface area contributed by atoms with Crippen molar-refractivity contribution in [1.29, 1.82) is 0 Å². The standard InChI is InChI=1S/C22H30FN3O4S/c1-14(24-15(2)27)13-29-16-3-5-17(6-4-16)30-19-8-7-18-21(20(19)23)31-22(25-18)26-9-11-28-12-10-26/h7-8,14,16-17H,3-6,9-13H2,1-2H3,(H,24,27)/t14-,16-,17-/m0/s1. The Labute approximate surface area is 185 Å². The maximum Gasteiger partial charge on any atom is 0.217 e. The summed E-state index contributed by atoms with van der Waals surface area (Å²) in [5.74, 6) is -0.0736. The average molecular weight is 452 g/mol. The molecule has 31 heavy (non-hydrogen) atoms. The molecule has 2 fully saturated rings. The van der Waals surface area contributed by atoms with E-state index in [-0.39, 0.29) is 30.0 Å². The molecule has 4 rings (SSSR count). The second-order valence-corrected chi connectivity index (χ2v) is 9.25. The summed E-state index contributed by atoms with van der Waals surface area (Å²) in [7, 11) is 0. The summed E-state index contributed by atoms with van der Waals surface area (Å²) < 4.78 is 33.0. The van der Waals surface area contributed by atoms with Crippen molar-refractivity contribution in [2.24, 2.45) is 0 Å². The number of morpholine rings is 1. The number of nitrogens with one attached hydrogen (secondary N) is 1. The summed E-state index contributed by atoms with van der Waals surface area (Å²) in [6.45, 7) is 6.83. The molecule has 0 unspecified atom stereocenters. The van der Waals surface area contributed by atoms with Gasteiger partial charge in [0.1, 0.15) is 0 Å². The van der Waals surface area contributed by atoms with Crippen molar-refractivity contribution in [2.45, 2.75) is 57.8 Å². The molecule has 9 heteroatoms. The Balaban J connectivity index is 1.32. The Morgan fingerprint density at radius 3 is 2.71 bits per heavy atom. The zero-order chi connectivity index (χ0) is 21.8. The molecule has 1 saturated carbocycles. The lowest BCUT2D eigenvalue weighted by atomic mass is 9.95. The number of thiazole rings is 1.